The van der Waals surface area contributed by atoms with Gasteiger partial charge in [0.05, 0.1) is 18.9 Å². The summed E-state index contributed by atoms with van der Waals surface area (Å²) in [6.07, 6.45) is -3.83. The van der Waals surface area contributed by atoms with Gasteiger partial charge >= 0.3 is 6.18 Å². The first-order valence-electron chi connectivity index (χ1n) is 10.5. The maximum absolute atomic E-state index is 12.8. The number of ether oxygens (including phenoxy) is 2. The van der Waals surface area contributed by atoms with Crippen LogP contribution in [0, 0.1) is 0 Å². The van der Waals surface area contributed by atoms with Gasteiger partial charge in [0.2, 0.25) is 11.8 Å². The summed E-state index contributed by atoms with van der Waals surface area (Å²) in [5.74, 6) is -0.587. The average Bonchev–Trinajstić information content (AvgIpc) is 2.83. The number of carbonyl (C=O) groups is 2. The smallest absolute Gasteiger partial charge is 0.416 e. The van der Waals surface area contributed by atoms with Gasteiger partial charge in [0.15, 0.2) is 11.5 Å². The molecule has 0 aromatic heterocycles. The van der Waals surface area contributed by atoms with E-state index in [4.69, 9.17) is 21.1 Å². The summed E-state index contributed by atoms with van der Waals surface area (Å²) in [4.78, 5) is 23.9. The van der Waals surface area contributed by atoms with E-state index in [1.54, 1.807) is 30.3 Å². The number of hydrazone groups is 1. The Bertz CT molecular complexity index is 1250. The number of nitrogens with one attached hydrogen (secondary N) is 2. The number of hydrogen-bond donors (Lipinski definition) is 2. The number of benzene rings is 3. The van der Waals surface area contributed by atoms with Crippen molar-refractivity contribution in [1.82, 2.24) is 5.43 Å². The van der Waals surface area contributed by atoms with E-state index in [0.717, 1.165) is 23.8 Å². The van der Waals surface area contributed by atoms with E-state index < -0.39 is 30.0 Å². The minimum absolute atomic E-state index is 0.0726. The van der Waals surface area contributed by atoms with Crippen molar-refractivity contribution in [2.45, 2.75) is 19.2 Å². The lowest BCUT2D eigenvalue weighted by Gasteiger charge is -2.11. The fourth-order valence-corrected chi connectivity index (χ4v) is 3.09. The van der Waals surface area contributed by atoms with Crippen molar-refractivity contribution in [3.05, 3.63) is 88.4 Å². The molecule has 0 aliphatic carbocycles. The predicted molar refractivity (Wildman–Crippen MR) is 129 cm³/mol. The molecule has 0 bridgehead atoms. The third-order valence-corrected chi connectivity index (χ3v) is 4.94. The first-order chi connectivity index (χ1) is 17.1. The number of alkyl halides is 3. The zero-order chi connectivity index (χ0) is 26.1. The third kappa shape index (κ3) is 8.02. The molecule has 0 aliphatic heterocycles. The van der Waals surface area contributed by atoms with Gasteiger partial charge in [0, 0.05) is 10.7 Å². The molecule has 188 valence electrons. The number of halogens is 4. The molecule has 3 aromatic carbocycles. The second kappa shape index (κ2) is 12.1. The van der Waals surface area contributed by atoms with Crippen molar-refractivity contribution in [2.75, 3.05) is 12.4 Å². The molecule has 36 heavy (non-hydrogen) atoms. The Labute approximate surface area is 209 Å². The molecule has 3 aromatic rings. The number of methoxy groups -OCH3 is 1. The highest BCUT2D eigenvalue weighted by molar-refractivity contribution is 6.30. The lowest BCUT2D eigenvalue weighted by molar-refractivity contribution is -0.137. The number of anilines is 1. The number of hydrogen-bond acceptors (Lipinski definition) is 5. The monoisotopic (exact) mass is 519 g/mol. The number of amides is 2. The van der Waals surface area contributed by atoms with E-state index in [-0.39, 0.29) is 5.69 Å². The van der Waals surface area contributed by atoms with Gasteiger partial charge in [0.25, 0.3) is 0 Å². The van der Waals surface area contributed by atoms with Gasteiger partial charge in [-0.15, -0.1) is 0 Å². The van der Waals surface area contributed by atoms with E-state index >= 15 is 0 Å². The van der Waals surface area contributed by atoms with Crippen LogP contribution in [0.15, 0.2) is 71.8 Å². The SMILES string of the molecule is COc1cc(C=NNC(=O)CC(=O)Nc2cccc(C(F)(F)F)c2)ccc1OCc1ccc(Cl)cc1. The van der Waals surface area contributed by atoms with Crippen LogP contribution in [0.2, 0.25) is 5.02 Å². The molecule has 11 heteroatoms. The maximum atomic E-state index is 12.8. The Hall–Kier alpha value is -4.05. The fourth-order valence-electron chi connectivity index (χ4n) is 2.97. The van der Waals surface area contributed by atoms with E-state index in [1.807, 2.05) is 12.1 Å². The highest BCUT2D eigenvalue weighted by atomic mass is 35.5. The molecule has 0 atom stereocenters. The van der Waals surface area contributed by atoms with Crippen LogP contribution in [0.5, 0.6) is 11.5 Å². The number of nitrogens with zero attached hydrogens (tertiary/aromatic N) is 1. The van der Waals surface area contributed by atoms with Crippen LogP contribution in [-0.2, 0) is 22.4 Å². The summed E-state index contributed by atoms with van der Waals surface area (Å²) in [6.45, 7) is 0.305. The zero-order valence-electron chi connectivity index (χ0n) is 18.9. The van der Waals surface area contributed by atoms with Gasteiger partial charge in [-0.05, 0) is 59.7 Å². The Balaban J connectivity index is 1.51. The number of rotatable bonds is 9. The molecular formula is C25H21ClF3N3O4. The minimum atomic E-state index is -4.55. The van der Waals surface area contributed by atoms with E-state index in [9.17, 15) is 22.8 Å². The Kier molecular flexibility index (Phi) is 8.91. The van der Waals surface area contributed by atoms with E-state index in [1.165, 1.54) is 19.4 Å². The van der Waals surface area contributed by atoms with Crippen molar-refractivity contribution < 1.29 is 32.2 Å². The van der Waals surface area contributed by atoms with Crippen LogP contribution < -0.4 is 20.2 Å². The maximum Gasteiger partial charge on any atom is 0.416 e. The second-order valence-electron chi connectivity index (χ2n) is 7.42. The van der Waals surface area contributed by atoms with Crippen LogP contribution in [0.3, 0.4) is 0 Å². The summed E-state index contributed by atoms with van der Waals surface area (Å²) in [7, 11) is 1.48. The molecule has 0 fully saturated rings. The topological polar surface area (TPSA) is 89.0 Å². The lowest BCUT2D eigenvalue weighted by atomic mass is 10.2. The van der Waals surface area contributed by atoms with Crippen LogP contribution in [0.25, 0.3) is 0 Å². The van der Waals surface area contributed by atoms with Crippen molar-refractivity contribution >= 4 is 35.3 Å². The molecule has 3 rings (SSSR count). The molecule has 7 nitrogen and oxygen atoms in total. The van der Waals surface area contributed by atoms with E-state index in [0.29, 0.717) is 28.7 Å². The van der Waals surface area contributed by atoms with Crippen LogP contribution in [0.4, 0.5) is 18.9 Å². The molecular weight excluding hydrogens is 499 g/mol. The summed E-state index contributed by atoms with van der Waals surface area (Å²) in [5.41, 5.74) is 2.72. The van der Waals surface area contributed by atoms with Crippen molar-refractivity contribution in [1.29, 1.82) is 0 Å². The van der Waals surface area contributed by atoms with Gasteiger partial charge in [-0.3, -0.25) is 9.59 Å². The number of carbonyl (C=O) groups excluding carboxylic acids is 2. The van der Waals surface area contributed by atoms with Crippen molar-refractivity contribution in [3.8, 4) is 11.5 Å². The Morgan fingerprint density at radius 3 is 2.44 bits per heavy atom. The molecule has 0 unspecified atom stereocenters. The molecule has 0 heterocycles. The minimum Gasteiger partial charge on any atom is -0.493 e. The first kappa shape index (κ1) is 26.6. The predicted octanol–water partition coefficient (Wildman–Crippen LogP) is 5.43. The molecule has 2 N–H and O–H groups in total. The molecule has 0 saturated heterocycles. The Morgan fingerprint density at radius 1 is 1.00 bits per heavy atom. The highest BCUT2D eigenvalue weighted by Gasteiger charge is 2.30. The van der Waals surface area contributed by atoms with Crippen molar-refractivity contribution in [2.24, 2.45) is 5.10 Å². The van der Waals surface area contributed by atoms with Crippen LogP contribution in [-0.4, -0.2) is 25.1 Å². The summed E-state index contributed by atoms with van der Waals surface area (Å²) < 4.78 is 49.4. The summed E-state index contributed by atoms with van der Waals surface area (Å²) in [6, 6.07) is 16.3. The molecule has 2 amide bonds. The highest BCUT2D eigenvalue weighted by Crippen LogP contribution is 2.31. The first-order valence-corrected chi connectivity index (χ1v) is 10.9. The van der Waals surface area contributed by atoms with Gasteiger partial charge in [-0.25, -0.2) is 5.43 Å². The largest absolute Gasteiger partial charge is 0.493 e. The Morgan fingerprint density at radius 2 is 1.75 bits per heavy atom. The van der Waals surface area contributed by atoms with Gasteiger partial charge in [-0.2, -0.15) is 18.3 Å². The zero-order valence-corrected chi connectivity index (χ0v) is 19.7. The summed E-state index contributed by atoms with van der Waals surface area (Å²) in [5, 5.41) is 6.67. The fraction of sp³-hybridized carbons (Fsp3) is 0.160. The average molecular weight is 520 g/mol. The van der Waals surface area contributed by atoms with Gasteiger partial charge in [0.1, 0.15) is 13.0 Å². The molecule has 0 aliphatic rings. The van der Waals surface area contributed by atoms with E-state index in [2.05, 4.69) is 15.8 Å². The van der Waals surface area contributed by atoms with Gasteiger partial charge < -0.3 is 14.8 Å². The standard InChI is InChI=1S/C25H21ClF3N3O4/c1-35-22-11-17(7-10-21(22)36-15-16-5-8-19(26)9-6-16)14-30-32-24(34)13-23(33)31-20-4-2-3-18(12-20)25(27,28)29/h2-12,14H,13,15H2,1H3,(H,31,33)(H,32,34). The third-order valence-electron chi connectivity index (χ3n) is 4.69. The molecule has 0 spiro atoms. The lowest BCUT2D eigenvalue weighted by Crippen LogP contribution is -2.24. The normalized spacial score (nSPS) is 11.2. The molecule has 0 saturated carbocycles. The van der Waals surface area contributed by atoms with Crippen LogP contribution in [0.1, 0.15) is 23.1 Å². The van der Waals surface area contributed by atoms with Gasteiger partial charge in [-0.1, -0.05) is 29.8 Å². The quantitative estimate of drug-likeness (QED) is 0.224. The second-order valence-corrected chi connectivity index (χ2v) is 7.86. The summed E-state index contributed by atoms with van der Waals surface area (Å²) >= 11 is 5.88. The molecule has 0 radical (unpaired) electrons. The van der Waals surface area contributed by atoms with Crippen molar-refractivity contribution in [3.63, 3.8) is 0 Å². The van der Waals surface area contributed by atoms with Crippen LogP contribution >= 0.6 is 11.6 Å².